The number of nitrogens with two attached hydrogens (primary N) is 1. The van der Waals surface area contributed by atoms with Crippen molar-refractivity contribution in [2.45, 2.75) is 19.4 Å². The predicted octanol–water partition coefficient (Wildman–Crippen LogP) is 0.685. The number of likely N-dealkylation sites (N-methyl/N-ethyl adjacent to an activating group) is 1. The highest BCUT2D eigenvalue weighted by Gasteiger charge is 2.28. The molecule has 1 aliphatic heterocycles. The molecule has 1 saturated heterocycles. The van der Waals surface area contributed by atoms with E-state index in [1.54, 1.807) is 7.05 Å². The minimum Gasteiger partial charge on any atom is -0.335 e. The fourth-order valence-corrected chi connectivity index (χ4v) is 2.03. The molecule has 0 unspecified atom stereocenters. The zero-order valence-electron chi connectivity index (χ0n) is 11.5. The summed E-state index contributed by atoms with van der Waals surface area (Å²) >= 11 is 0. The van der Waals surface area contributed by atoms with Crippen LogP contribution in [0.2, 0.25) is 0 Å². The van der Waals surface area contributed by atoms with Crippen molar-refractivity contribution < 1.29 is 9.59 Å². The van der Waals surface area contributed by atoms with Crippen molar-refractivity contribution >= 4 is 17.5 Å². The molecule has 5 heteroatoms. The molecule has 1 fully saturated rings. The minimum absolute atomic E-state index is 0.0529. The number of hydrogen-bond acceptors (Lipinski definition) is 3. The van der Waals surface area contributed by atoms with Crippen molar-refractivity contribution in [2.24, 2.45) is 5.73 Å². The fraction of sp³-hybridized carbons (Fsp3) is 0.429. The molecule has 5 nitrogen and oxygen atoms in total. The maximum absolute atomic E-state index is 11.9. The minimum atomic E-state index is -0.416. The third-order valence-corrected chi connectivity index (χ3v) is 3.32. The summed E-state index contributed by atoms with van der Waals surface area (Å²) in [6.45, 7) is 4.07. The Morgan fingerprint density at radius 2 is 1.63 bits per heavy atom. The molecule has 0 atom stereocenters. The lowest BCUT2D eigenvalue weighted by atomic mass is 9.95. The van der Waals surface area contributed by atoms with Gasteiger partial charge < -0.3 is 15.5 Å². The van der Waals surface area contributed by atoms with E-state index in [1.165, 1.54) is 9.80 Å². The number of carbonyl (C=O) groups is 2. The molecular weight excluding hydrogens is 242 g/mol. The Kier molecular flexibility index (Phi) is 3.32. The SMILES string of the molecule is CN1CC(=O)N(c2ccc(C(C)(C)N)cc2)CC1=O. The first-order chi connectivity index (χ1) is 8.79. The number of hydrogen-bond donors (Lipinski definition) is 1. The number of amides is 2. The molecule has 0 aromatic heterocycles. The molecule has 2 rings (SSSR count). The number of anilines is 1. The molecular formula is C14H19N3O2. The van der Waals surface area contributed by atoms with E-state index in [1.807, 2.05) is 38.1 Å². The Labute approximate surface area is 113 Å². The number of nitrogens with zero attached hydrogens (tertiary/aromatic N) is 2. The molecule has 0 spiro atoms. The van der Waals surface area contributed by atoms with Gasteiger partial charge in [-0.25, -0.2) is 0 Å². The van der Waals surface area contributed by atoms with E-state index in [-0.39, 0.29) is 24.9 Å². The van der Waals surface area contributed by atoms with Gasteiger partial charge in [-0.2, -0.15) is 0 Å². The van der Waals surface area contributed by atoms with Gasteiger partial charge in [0.05, 0.1) is 6.54 Å². The Balaban J connectivity index is 2.23. The average molecular weight is 261 g/mol. The van der Waals surface area contributed by atoms with E-state index in [2.05, 4.69) is 0 Å². The third kappa shape index (κ3) is 2.76. The molecule has 0 bridgehead atoms. The van der Waals surface area contributed by atoms with Crippen LogP contribution in [0.4, 0.5) is 5.69 Å². The second-order valence-corrected chi connectivity index (χ2v) is 5.50. The number of benzene rings is 1. The fourth-order valence-electron chi connectivity index (χ4n) is 2.03. The van der Waals surface area contributed by atoms with E-state index < -0.39 is 5.54 Å². The molecule has 0 radical (unpaired) electrons. The van der Waals surface area contributed by atoms with Crippen molar-refractivity contribution in [1.29, 1.82) is 0 Å². The van der Waals surface area contributed by atoms with Crippen molar-refractivity contribution in [2.75, 3.05) is 25.0 Å². The largest absolute Gasteiger partial charge is 0.335 e. The van der Waals surface area contributed by atoms with Crippen LogP contribution in [0.15, 0.2) is 24.3 Å². The van der Waals surface area contributed by atoms with E-state index in [0.717, 1.165) is 11.3 Å². The van der Waals surface area contributed by atoms with Crippen LogP contribution in [0.5, 0.6) is 0 Å². The summed E-state index contributed by atoms with van der Waals surface area (Å²) in [7, 11) is 1.64. The van der Waals surface area contributed by atoms with Crippen molar-refractivity contribution in [1.82, 2.24) is 4.90 Å². The van der Waals surface area contributed by atoms with E-state index in [4.69, 9.17) is 5.73 Å². The molecule has 102 valence electrons. The van der Waals surface area contributed by atoms with E-state index in [9.17, 15) is 9.59 Å². The lowest BCUT2D eigenvalue weighted by Gasteiger charge is -2.32. The first-order valence-electron chi connectivity index (χ1n) is 6.23. The first-order valence-corrected chi connectivity index (χ1v) is 6.23. The normalized spacial score (nSPS) is 17.1. The van der Waals surface area contributed by atoms with Crippen LogP contribution >= 0.6 is 0 Å². The Morgan fingerprint density at radius 1 is 1.05 bits per heavy atom. The van der Waals surface area contributed by atoms with Crippen molar-refractivity contribution in [3.8, 4) is 0 Å². The van der Waals surface area contributed by atoms with Gasteiger partial charge in [-0.05, 0) is 31.5 Å². The topological polar surface area (TPSA) is 66.6 Å². The summed E-state index contributed by atoms with van der Waals surface area (Å²) in [4.78, 5) is 26.6. The molecule has 1 aromatic rings. The highest BCUT2D eigenvalue weighted by atomic mass is 16.2. The van der Waals surface area contributed by atoms with Crippen LogP contribution in [0.25, 0.3) is 0 Å². The van der Waals surface area contributed by atoms with E-state index in [0.29, 0.717) is 0 Å². The molecule has 19 heavy (non-hydrogen) atoms. The van der Waals surface area contributed by atoms with Gasteiger partial charge >= 0.3 is 0 Å². The number of rotatable bonds is 2. The van der Waals surface area contributed by atoms with Crippen LogP contribution in [0.3, 0.4) is 0 Å². The highest BCUT2D eigenvalue weighted by Crippen LogP contribution is 2.22. The first kappa shape index (κ1) is 13.5. The lowest BCUT2D eigenvalue weighted by molar-refractivity contribution is -0.136. The van der Waals surface area contributed by atoms with Crippen molar-refractivity contribution in [3.05, 3.63) is 29.8 Å². The van der Waals surface area contributed by atoms with Crippen LogP contribution in [-0.4, -0.2) is 36.9 Å². The predicted molar refractivity (Wildman–Crippen MR) is 73.6 cm³/mol. The average Bonchev–Trinajstić information content (AvgIpc) is 2.33. The molecule has 2 N–H and O–H groups in total. The van der Waals surface area contributed by atoms with Crippen LogP contribution in [-0.2, 0) is 15.1 Å². The van der Waals surface area contributed by atoms with Gasteiger partial charge in [0, 0.05) is 18.3 Å². The zero-order valence-corrected chi connectivity index (χ0v) is 11.5. The Bertz CT molecular complexity index is 502. The smallest absolute Gasteiger partial charge is 0.247 e. The maximum Gasteiger partial charge on any atom is 0.247 e. The lowest BCUT2D eigenvalue weighted by Crippen LogP contribution is -2.52. The second-order valence-electron chi connectivity index (χ2n) is 5.50. The van der Waals surface area contributed by atoms with Gasteiger partial charge in [-0.3, -0.25) is 9.59 Å². The molecule has 2 amide bonds. The van der Waals surface area contributed by atoms with Crippen LogP contribution in [0.1, 0.15) is 19.4 Å². The molecule has 0 aliphatic carbocycles. The standard InChI is InChI=1S/C14H19N3O2/c1-14(2,15)10-4-6-11(7-5-10)17-9-12(18)16(3)8-13(17)19/h4-7H,8-9,15H2,1-3H3. The summed E-state index contributed by atoms with van der Waals surface area (Å²) in [5.74, 6) is -0.121. The van der Waals surface area contributed by atoms with Crippen LogP contribution < -0.4 is 10.6 Å². The van der Waals surface area contributed by atoms with Gasteiger partial charge in [0.15, 0.2) is 0 Å². The third-order valence-electron chi connectivity index (χ3n) is 3.32. The summed E-state index contributed by atoms with van der Waals surface area (Å²) in [6, 6.07) is 7.46. The maximum atomic E-state index is 11.9. The van der Waals surface area contributed by atoms with Gasteiger partial charge in [-0.1, -0.05) is 12.1 Å². The molecule has 1 heterocycles. The summed E-state index contributed by atoms with van der Waals surface area (Å²) in [5, 5.41) is 0. The molecule has 1 aliphatic rings. The Hall–Kier alpha value is -1.88. The summed E-state index contributed by atoms with van der Waals surface area (Å²) < 4.78 is 0. The van der Waals surface area contributed by atoms with Gasteiger partial charge in [0.2, 0.25) is 11.8 Å². The molecule has 0 saturated carbocycles. The van der Waals surface area contributed by atoms with Gasteiger partial charge in [0.25, 0.3) is 0 Å². The highest BCUT2D eigenvalue weighted by molar-refractivity contribution is 6.04. The van der Waals surface area contributed by atoms with Gasteiger partial charge in [0.1, 0.15) is 6.54 Å². The quantitative estimate of drug-likeness (QED) is 0.851. The Morgan fingerprint density at radius 3 is 2.16 bits per heavy atom. The summed E-state index contributed by atoms with van der Waals surface area (Å²) in [5.41, 5.74) is 7.32. The van der Waals surface area contributed by atoms with Crippen LogP contribution in [0, 0.1) is 0 Å². The number of carbonyl (C=O) groups excluding carboxylic acids is 2. The summed E-state index contributed by atoms with van der Waals surface area (Å²) in [6.07, 6.45) is 0. The second kappa shape index (κ2) is 4.66. The zero-order chi connectivity index (χ0) is 14.2. The molecule has 1 aromatic carbocycles. The number of piperazine rings is 1. The van der Waals surface area contributed by atoms with Crippen molar-refractivity contribution in [3.63, 3.8) is 0 Å². The van der Waals surface area contributed by atoms with E-state index >= 15 is 0 Å². The van der Waals surface area contributed by atoms with Gasteiger partial charge in [-0.15, -0.1) is 0 Å². The monoisotopic (exact) mass is 261 g/mol.